The number of hydrogen-bond donors (Lipinski definition) is 1. The Bertz CT molecular complexity index is 1320. The van der Waals surface area contributed by atoms with Crippen molar-refractivity contribution >= 4 is 11.7 Å². The molecule has 0 saturated heterocycles. The molecule has 0 atom stereocenters. The fourth-order valence-corrected chi connectivity index (χ4v) is 3.52. The third kappa shape index (κ3) is 4.02. The fraction of sp³-hybridized carbons (Fsp3) is 0.227. The van der Waals surface area contributed by atoms with Gasteiger partial charge in [-0.25, -0.2) is 4.98 Å². The van der Waals surface area contributed by atoms with Gasteiger partial charge in [-0.05, 0) is 11.1 Å². The first-order chi connectivity index (χ1) is 15.3. The van der Waals surface area contributed by atoms with E-state index in [4.69, 9.17) is 4.52 Å². The highest BCUT2D eigenvalue weighted by Gasteiger charge is 2.23. The number of aryl methyl sites for hydroxylation is 1. The number of hydrogen-bond acceptors (Lipinski definition) is 8. The lowest BCUT2D eigenvalue weighted by molar-refractivity contribution is 0.0984. The Labute approximate surface area is 183 Å². The van der Waals surface area contributed by atoms with Crippen molar-refractivity contribution < 1.29 is 14.4 Å². The van der Waals surface area contributed by atoms with Crippen LogP contribution in [0.5, 0.6) is 5.75 Å². The van der Waals surface area contributed by atoms with Gasteiger partial charge in [0.15, 0.2) is 11.5 Å². The first-order valence-electron chi connectivity index (χ1n) is 9.84. The second-order valence-corrected chi connectivity index (χ2v) is 7.52. The zero-order valence-corrected chi connectivity index (χ0v) is 17.9. The Hall–Kier alpha value is -4.21. The van der Waals surface area contributed by atoms with Crippen molar-refractivity contribution in [1.82, 2.24) is 24.5 Å². The van der Waals surface area contributed by atoms with E-state index in [1.54, 1.807) is 22.8 Å². The number of aromatic hydroxyl groups is 1. The van der Waals surface area contributed by atoms with E-state index < -0.39 is 17.1 Å². The molecule has 0 radical (unpaired) electrons. The lowest BCUT2D eigenvalue weighted by Gasteiger charge is -2.22. The lowest BCUT2D eigenvalue weighted by Crippen LogP contribution is -2.30. The maximum absolute atomic E-state index is 12.7. The monoisotopic (exact) mass is 434 g/mol. The molecule has 0 amide bonds. The molecule has 1 aromatic carbocycles. The molecule has 1 N–H and O–H groups in total. The third-order valence-electron chi connectivity index (χ3n) is 5.14. The van der Waals surface area contributed by atoms with Crippen molar-refractivity contribution in [3.63, 3.8) is 0 Å². The molecular weight excluding hydrogens is 412 g/mol. The van der Waals surface area contributed by atoms with Gasteiger partial charge in [0, 0.05) is 51.4 Å². The number of nitrogens with zero attached hydrogens (tertiary/aromatic N) is 6. The Balaban J connectivity index is 1.68. The molecule has 0 spiro atoms. The minimum absolute atomic E-state index is 0.0930. The molecular formula is C22H22N6O4. The van der Waals surface area contributed by atoms with Gasteiger partial charge >= 0.3 is 0 Å². The van der Waals surface area contributed by atoms with Crippen LogP contribution < -0.4 is 10.5 Å². The fourth-order valence-electron chi connectivity index (χ4n) is 3.52. The zero-order chi connectivity index (χ0) is 22.8. The summed E-state index contributed by atoms with van der Waals surface area (Å²) in [4.78, 5) is 31.4. The van der Waals surface area contributed by atoms with Crippen LogP contribution in [0.25, 0.3) is 11.1 Å². The SMILES string of the molecule is CN(Cc1ccccc1-c1cnn(C)c1)c1nc(C(=O)Cc2cnoc2)c(O)c(=O)n1C. The van der Waals surface area contributed by atoms with Crippen molar-refractivity contribution in [3.05, 3.63) is 76.3 Å². The van der Waals surface area contributed by atoms with E-state index in [2.05, 4.69) is 15.2 Å². The van der Waals surface area contributed by atoms with Crippen molar-refractivity contribution in [2.24, 2.45) is 14.1 Å². The maximum Gasteiger partial charge on any atom is 0.297 e. The molecule has 0 aliphatic heterocycles. The molecule has 0 aliphatic carbocycles. The van der Waals surface area contributed by atoms with Crippen molar-refractivity contribution in [1.29, 1.82) is 0 Å². The second kappa shape index (κ2) is 8.50. The molecule has 0 fully saturated rings. The van der Waals surface area contributed by atoms with Gasteiger partial charge in [-0.3, -0.25) is 18.8 Å². The Morgan fingerprint density at radius 1 is 1.22 bits per heavy atom. The topological polar surface area (TPSA) is 119 Å². The van der Waals surface area contributed by atoms with E-state index in [0.717, 1.165) is 16.7 Å². The summed E-state index contributed by atoms with van der Waals surface area (Å²) >= 11 is 0. The van der Waals surface area contributed by atoms with E-state index in [-0.39, 0.29) is 18.1 Å². The van der Waals surface area contributed by atoms with Gasteiger partial charge in [0.2, 0.25) is 11.7 Å². The van der Waals surface area contributed by atoms with Gasteiger partial charge in [0.25, 0.3) is 5.56 Å². The van der Waals surface area contributed by atoms with Gasteiger partial charge < -0.3 is 14.5 Å². The van der Waals surface area contributed by atoms with E-state index >= 15 is 0 Å². The average molecular weight is 434 g/mol. The Kier molecular flexibility index (Phi) is 5.59. The van der Waals surface area contributed by atoms with Crippen LogP contribution in [0.1, 0.15) is 21.6 Å². The molecule has 10 heteroatoms. The van der Waals surface area contributed by atoms with Crippen LogP contribution in [-0.2, 0) is 27.1 Å². The van der Waals surface area contributed by atoms with Crippen LogP contribution in [0.15, 0.2) is 58.4 Å². The molecule has 0 aliphatic rings. The highest BCUT2D eigenvalue weighted by atomic mass is 16.5. The normalized spacial score (nSPS) is 11.0. The number of carbonyl (C=O) groups is 1. The summed E-state index contributed by atoms with van der Waals surface area (Å²) in [7, 11) is 5.13. The number of Topliss-reactive ketones (excluding diaryl/α,β-unsaturated/α-hetero) is 1. The van der Waals surface area contributed by atoms with Gasteiger partial charge in [0.05, 0.1) is 12.4 Å². The van der Waals surface area contributed by atoms with E-state index in [1.165, 1.54) is 24.1 Å². The minimum atomic E-state index is -0.698. The molecule has 0 bridgehead atoms. The maximum atomic E-state index is 12.7. The number of rotatable bonds is 7. The molecule has 10 nitrogen and oxygen atoms in total. The highest BCUT2D eigenvalue weighted by molar-refractivity contribution is 5.98. The first-order valence-corrected chi connectivity index (χ1v) is 9.84. The Morgan fingerprint density at radius 2 is 2.00 bits per heavy atom. The summed E-state index contributed by atoms with van der Waals surface area (Å²) in [5.74, 6) is -0.932. The molecule has 164 valence electrons. The first kappa shape index (κ1) is 21.0. The summed E-state index contributed by atoms with van der Waals surface area (Å²) in [6, 6.07) is 7.86. The van der Waals surface area contributed by atoms with E-state index in [0.29, 0.717) is 12.1 Å². The largest absolute Gasteiger partial charge is 0.501 e. The number of aromatic nitrogens is 5. The van der Waals surface area contributed by atoms with Gasteiger partial charge in [0.1, 0.15) is 6.26 Å². The summed E-state index contributed by atoms with van der Waals surface area (Å²) in [5.41, 5.74) is 2.50. The summed E-state index contributed by atoms with van der Waals surface area (Å²) in [6.07, 6.45) is 6.35. The smallest absolute Gasteiger partial charge is 0.297 e. The standard InChI is InChI=1S/C22H22N6O4/c1-26(11-15-6-4-5-7-17(15)16-10-23-27(2)12-16)22-25-19(20(30)21(31)28(22)3)18(29)8-14-9-24-32-13-14/h4-7,9-10,12-13,30H,8,11H2,1-3H3. The van der Waals surface area contributed by atoms with E-state index in [1.807, 2.05) is 37.5 Å². The molecule has 0 unspecified atom stereocenters. The van der Waals surface area contributed by atoms with Gasteiger partial charge in [-0.1, -0.05) is 29.4 Å². The predicted molar refractivity (Wildman–Crippen MR) is 116 cm³/mol. The van der Waals surface area contributed by atoms with Crippen LogP contribution >= 0.6 is 0 Å². The molecule has 32 heavy (non-hydrogen) atoms. The molecule has 3 aromatic heterocycles. The van der Waals surface area contributed by atoms with Crippen LogP contribution in [0, 0.1) is 0 Å². The van der Waals surface area contributed by atoms with E-state index in [9.17, 15) is 14.7 Å². The van der Waals surface area contributed by atoms with Crippen LogP contribution in [0.3, 0.4) is 0 Å². The number of anilines is 1. The number of carbonyl (C=O) groups excluding carboxylic acids is 1. The molecule has 4 rings (SSSR count). The number of benzene rings is 1. The van der Waals surface area contributed by atoms with Crippen LogP contribution in [0.4, 0.5) is 5.95 Å². The van der Waals surface area contributed by atoms with Crippen LogP contribution in [-0.4, -0.2) is 42.4 Å². The summed E-state index contributed by atoms with van der Waals surface area (Å²) in [5, 5.41) is 18.1. The molecule has 4 aromatic rings. The highest BCUT2D eigenvalue weighted by Crippen LogP contribution is 2.25. The van der Waals surface area contributed by atoms with Crippen molar-refractivity contribution in [2.45, 2.75) is 13.0 Å². The van der Waals surface area contributed by atoms with Crippen molar-refractivity contribution in [2.75, 3.05) is 11.9 Å². The van der Waals surface area contributed by atoms with Gasteiger partial charge in [-0.2, -0.15) is 5.10 Å². The van der Waals surface area contributed by atoms with Crippen LogP contribution in [0.2, 0.25) is 0 Å². The van der Waals surface area contributed by atoms with Crippen molar-refractivity contribution in [3.8, 4) is 16.9 Å². The summed E-state index contributed by atoms with van der Waals surface area (Å²) in [6.45, 7) is 0.412. The lowest BCUT2D eigenvalue weighted by atomic mass is 10.0. The second-order valence-electron chi connectivity index (χ2n) is 7.52. The predicted octanol–water partition coefficient (Wildman–Crippen LogP) is 1.94. The number of ketones is 1. The van der Waals surface area contributed by atoms with Gasteiger partial charge in [-0.15, -0.1) is 0 Å². The average Bonchev–Trinajstić information content (AvgIpc) is 3.44. The Morgan fingerprint density at radius 3 is 2.69 bits per heavy atom. The third-order valence-corrected chi connectivity index (χ3v) is 5.14. The minimum Gasteiger partial charge on any atom is -0.501 e. The zero-order valence-electron chi connectivity index (χ0n) is 17.9. The quantitative estimate of drug-likeness (QED) is 0.438. The molecule has 0 saturated carbocycles. The molecule has 3 heterocycles. The summed E-state index contributed by atoms with van der Waals surface area (Å²) < 4.78 is 7.69.